The van der Waals surface area contributed by atoms with Gasteiger partial charge in [-0.2, -0.15) is 0 Å². The number of hydrogen-bond donors (Lipinski definition) is 2. The van der Waals surface area contributed by atoms with Gasteiger partial charge in [0.15, 0.2) is 0 Å². The van der Waals surface area contributed by atoms with Gasteiger partial charge in [0.25, 0.3) is 0 Å². The fraction of sp³-hybridized carbons (Fsp3) is 0.929. The minimum atomic E-state index is -0.0594. The Morgan fingerprint density at radius 3 is 2.44 bits per heavy atom. The average molecular weight is 257 g/mol. The maximum atomic E-state index is 12.0. The van der Waals surface area contributed by atoms with Crippen molar-refractivity contribution < 1.29 is 4.79 Å². The molecule has 0 heterocycles. The lowest BCUT2D eigenvalue weighted by atomic mass is 10.1. The zero-order valence-electron chi connectivity index (χ0n) is 12.5. The van der Waals surface area contributed by atoms with E-state index in [2.05, 4.69) is 31.0 Å². The molecule has 0 aromatic heterocycles. The average Bonchev–Trinajstić information content (AvgIpc) is 2.33. The first-order valence-electron chi connectivity index (χ1n) is 7.24. The molecule has 0 aromatic rings. The normalized spacial score (nSPS) is 13.1. The molecule has 0 aliphatic rings. The largest absolute Gasteiger partial charge is 0.355 e. The molecule has 0 radical (unpaired) electrons. The summed E-state index contributed by atoms with van der Waals surface area (Å²) < 4.78 is 0. The van der Waals surface area contributed by atoms with Gasteiger partial charge in [0.1, 0.15) is 0 Å². The SMILES string of the molecule is CCCCNC(=O)C(C)N(CCCN)CC(C)C. The number of nitrogens with two attached hydrogens (primary N) is 1. The summed E-state index contributed by atoms with van der Waals surface area (Å²) in [5.41, 5.74) is 5.55. The van der Waals surface area contributed by atoms with Crippen molar-refractivity contribution in [2.24, 2.45) is 11.7 Å². The summed E-state index contributed by atoms with van der Waals surface area (Å²) in [4.78, 5) is 14.3. The van der Waals surface area contributed by atoms with Crippen molar-refractivity contribution in [2.75, 3.05) is 26.2 Å². The van der Waals surface area contributed by atoms with E-state index in [-0.39, 0.29) is 11.9 Å². The van der Waals surface area contributed by atoms with Crippen LogP contribution in [0.15, 0.2) is 0 Å². The Labute approximate surface area is 112 Å². The first kappa shape index (κ1) is 17.4. The number of nitrogens with zero attached hydrogens (tertiary/aromatic N) is 1. The quantitative estimate of drug-likeness (QED) is 0.584. The highest BCUT2D eigenvalue weighted by Crippen LogP contribution is 2.06. The van der Waals surface area contributed by atoms with Gasteiger partial charge in [-0.3, -0.25) is 9.69 Å². The van der Waals surface area contributed by atoms with E-state index in [4.69, 9.17) is 5.73 Å². The molecule has 3 N–H and O–H groups in total. The van der Waals surface area contributed by atoms with Crippen LogP contribution in [0.3, 0.4) is 0 Å². The molecule has 4 heteroatoms. The predicted molar refractivity (Wildman–Crippen MR) is 77.5 cm³/mol. The second-order valence-electron chi connectivity index (χ2n) is 5.35. The standard InChI is InChI=1S/C14H31N3O/c1-5-6-9-16-14(18)13(4)17(10-7-8-15)11-12(2)3/h12-13H,5-11,15H2,1-4H3,(H,16,18). The van der Waals surface area contributed by atoms with E-state index in [1.807, 2.05) is 6.92 Å². The van der Waals surface area contributed by atoms with Gasteiger partial charge in [-0.05, 0) is 32.2 Å². The first-order chi connectivity index (χ1) is 8.52. The van der Waals surface area contributed by atoms with E-state index in [0.717, 1.165) is 38.9 Å². The van der Waals surface area contributed by atoms with Crippen LogP contribution >= 0.6 is 0 Å². The fourth-order valence-corrected chi connectivity index (χ4v) is 1.91. The Morgan fingerprint density at radius 1 is 1.28 bits per heavy atom. The van der Waals surface area contributed by atoms with Crippen molar-refractivity contribution in [2.45, 2.75) is 53.0 Å². The molecule has 0 bridgehead atoms. The van der Waals surface area contributed by atoms with E-state index in [9.17, 15) is 4.79 Å². The van der Waals surface area contributed by atoms with Gasteiger partial charge in [0, 0.05) is 19.6 Å². The summed E-state index contributed by atoms with van der Waals surface area (Å²) in [5, 5.41) is 3.00. The van der Waals surface area contributed by atoms with E-state index < -0.39 is 0 Å². The molecule has 108 valence electrons. The van der Waals surface area contributed by atoms with Crippen molar-refractivity contribution in [1.82, 2.24) is 10.2 Å². The van der Waals surface area contributed by atoms with Crippen LogP contribution < -0.4 is 11.1 Å². The van der Waals surface area contributed by atoms with E-state index in [1.54, 1.807) is 0 Å². The third-order valence-corrected chi connectivity index (χ3v) is 3.01. The topological polar surface area (TPSA) is 58.4 Å². The molecule has 0 aliphatic heterocycles. The van der Waals surface area contributed by atoms with Gasteiger partial charge >= 0.3 is 0 Å². The van der Waals surface area contributed by atoms with Crippen LogP contribution in [0.5, 0.6) is 0 Å². The number of unbranched alkanes of at least 4 members (excludes halogenated alkanes) is 1. The second kappa shape index (κ2) is 10.3. The summed E-state index contributed by atoms with van der Waals surface area (Å²) in [6.45, 7) is 11.8. The lowest BCUT2D eigenvalue weighted by molar-refractivity contribution is -0.126. The highest BCUT2D eigenvalue weighted by molar-refractivity contribution is 5.81. The highest BCUT2D eigenvalue weighted by atomic mass is 16.2. The summed E-state index contributed by atoms with van der Waals surface area (Å²) in [6, 6.07) is -0.0594. The maximum Gasteiger partial charge on any atom is 0.237 e. The molecule has 0 rings (SSSR count). The number of carbonyl (C=O) groups excluding carboxylic acids is 1. The van der Waals surface area contributed by atoms with E-state index in [1.165, 1.54) is 0 Å². The van der Waals surface area contributed by atoms with Gasteiger partial charge in [-0.1, -0.05) is 27.2 Å². The summed E-state index contributed by atoms with van der Waals surface area (Å²) in [5.74, 6) is 0.704. The molecule has 0 spiro atoms. The molecule has 0 fully saturated rings. The fourth-order valence-electron chi connectivity index (χ4n) is 1.91. The van der Waals surface area contributed by atoms with Gasteiger partial charge < -0.3 is 11.1 Å². The number of rotatable bonds is 10. The minimum absolute atomic E-state index is 0.0594. The molecule has 0 aromatic carbocycles. The Balaban J connectivity index is 4.23. The van der Waals surface area contributed by atoms with Crippen LogP contribution in [0.4, 0.5) is 0 Å². The Kier molecular flexibility index (Phi) is 9.98. The van der Waals surface area contributed by atoms with Crippen molar-refractivity contribution >= 4 is 5.91 Å². The minimum Gasteiger partial charge on any atom is -0.355 e. The van der Waals surface area contributed by atoms with Crippen molar-refractivity contribution in [3.63, 3.8) is 0 Å². The highest BCUT2D eigenvalue weighted by Gasteiger charge is 2.20. The van der Waals surface area contributed by atoms with Gasteiger partial charge in [-0.15, -0.1) is 0 Å². The molecule has 18 heavy (non-hydrogen) atoms. The number of carbonyl (C=O) groups is 1. The molecule has 1 amide bonds. The number of nitrogens with one attached hydrogen (secondary N) is 1. The van der Waals surface area contributed by atoms with Crippen LogP contribution in [0, 0.1) is 5.92 Å². The third-order valence-electron chi connectivity index (χ3n) is 3.01. The predicted octanol–water partition coefficient (Wildman–Crippen LogP) is 1.60. The number of amides is 1. The van der Waals surface area contributed by atoms with Crippen molar-refractivity contribution in [3.8, 4) is 0 Å². The first-order valence-corrected chi connectivity index (χ1v) is 7.24. The summed E-state index contributed by atoms with van der Waals surface area (Å²) in [6.07, 6.45) is 3.10. The lowest BCUT2D eigenvalue weighted by Crippen LogP contribution is -2.47. The number of hydrogen-bond acceptors (Lipinski definition) is 3. The third kappa shape index (κ3) is 7.67. The zero-order chi connectivity index (χ0) is 14.0. The Morgan fingerprint density at radius 2 is 1.94 bits per heavy atom. The van der Waals surface area contributed by atoms with Crippen molar-refractivity contribution in [1.29, 1.82) is 0 Å². The van der Waals surface area contributed by atoms with E-state index in [0.29, 0.717) is 12.5 Å². The van der Waals surface area contributed by atoms with Crippen LogP contribution in [0.1, 0.15) is 47.0 Å². The smallest absolute Gasteiger partial charge is 0.237 e. The molecule has 0 aliphatic carbocycles. The van der Waals surface area contributed by atoms with Gasteiger partial charge in [-0.25, -0.2) is 0 Å². The van der Waals surface area contributed by atoms with E-state index >= 15 is 0 Å². The summed E-state index contributed by atoms with van der Waals surface area (Å²) in [7, 11) is 0. The van der Waals surface area contributed by atoms with Crippen molar-refractivity contribution in [3.05, 3.63) is 0 Å². The van der Waals surface area contributed by atoms with Gasteiger partial charge in [0.05, 0.1) is 6.04 Å². The molecule has 1 unspecified atom stereocenters. The van der Waals surface area contributed by atoms with Crippen LogP contribution in [0.2, 0.25) is 0 Å². The summed E-state index contributed by atoms with van der Waals surface area (Å²) >= 11 is 0. The zero-order valence-corrected chi connectivity index (χ0v) is 12.5. The Bertz CT molecular complexity index is 219. The second-order valence-corrected chi connectivity index (χ2v) is 5.35. The molecule has 4 nitrogen and oxygen atoms in total. The van der Waals surface area contributed by atoms with Crippen LogP contribution in [0.25, 0.3) is 0 Å². The van der Waals surface area contributed by atoms with Gasteiger partial charge in [0.2, 0.25) is 5.91 Å². The molecular formula is C14H31N3O. The molecule has 0 saturated carbocycles. The van der Waals surface area contributed by atoms with Crippen LogP contribution in [-0.4, -0.2) is 43.0 Å². The molecular weight excluding hydrogens is 226 g/mol. The molecule has 1 atom stereocenters. The van der Waals surface area contributed by atoms with Crippen LogP contribution in [-0.2, 0) is 4.79 Å². The molecule has 0 saturated heterocycles. The maximum absolute atomic E-state index is 12.0. The monoisotopic (exact) mass is 257 g/mol. The lowest BCUT2D eigenvalue weighted by Gasteiger charge is -2.29. The Hall–Kier alpha value is -0.610.